The molecule has 0 fully saturated rings. The van der Waals surface area contributed by atoms with Gasteiger partial charge in [-0.1, -0.05) is 35.4 Å². The van der Waals surface area contributed by atoms with E-state index in [-0.39, 0.29) is 41.1 Å². The summed E-state index contributed by atoms with van der Waals surface area (Å²) in [6, 6.07) is 14.8. The van der Waals surface area contributed by atoms with Gasteiger partial charge in [0.15, 0.2) is 5.78 Å². The molecule has 21 heavy (non-hydrogen) atoms. The van der Waals surface area contributed by atoms with Gasteiger partial charge in [0.25, 0.3) is 0 Å². The van der Waals surface area contributed by atoms with Crippen LogP contribution in [0, 0.1) is 6.07 Å². The van der Waals surface area contributed by atoms with Crippen molar-refractivity contribution in [1.82, 2.24) is 0 Å². The molecule has 0 saturated heterocycles. The third kappa shape index (κ3) is 3.94. The molecule has 0 saturated carbocycles. The van der Waals surface area contributed by atoms with E-state index in [0.29, 0.717) is 22.3 Å². The summed E-state index contributed by atoms with van der Waals surface area (Å²) in [7, 11) is 0. The normalized spacial score (nSPS) is 13.0. The van der Waals surface area contributed by atoms with Gasteiger partial charge in [-0.05, 0) is 5.56 Å². The molecular weight excluding hydrogens is 303 g/mol. The maximum Gasteiger partial charge on any atom is 1.00 e. The summed E-state index contributed by atoms with van der Waals surface area (Å²) in [5, 5.41) is 0. The van der Waals surface area contributed by atoms with Gasteiger partial charge in [-0.15, -0.1) is 24.3 Å². The SMILES string of the molecule is O=C1c2[c-]cccc2C(=O)c2ccccc21.O=S([O-])O.[Na+]. The second-order valence-corrected chi connectivity index (χ2v) is 4.31. The van der Waals surface area contributed by atoms with E-state index in [1.165, 1.54) is 0 Å². The molecule has 1 aliphatic rings. The van der Waals surface area contributed by atoms with E-state index in [1.54, 1.807) is 42.5 Å². The first kappa shape index (κ1) is 17.9. The smallest absolute Gasteiger partial charge is 0.750 e. The van der Waals surface area contributed by atoms with Gasteiger partial charge in [-0.2, -0.15) is 0 Å². The van der Waals surface area contributed by atoms with Crippen molar-refractivity contribution < 1.29 is 52.5 Å². The molecule has 3 rings (SSSR count). The maximum atomic E-state index is 12.1. The number of rotatable bonds is 0. The molecule has 0 heterocycles. The summed E-state index contributed by atoms with van der Waals surface area (Å²) in [5.41, 5.74) is 1.79. The molecule has 0 aliphatic heterocycles. The molecule has 0 amide bonds. The van der Waals surface area contributed by atoms with E-state index < -0.39 is 11.4 Å². The van der Waals surface area contributed by atoms with Gasteiger partial charge in [0.05, 0.1) is 11.4 Å². The molecule has 0 bridgehead atoms. The van der Waals surface area contributed by atoms with E-state index in [2.05, 4.69) is 6.07 Å². The summed E-state index contributed by atoms with van der Waals surface area (Å²) in [6.45, 7) is 0. The Labute approximate surface area is 145 Å². The zero-order chi connectivity index (χ0) is 14.7. The third-order valence-corrected chi connectivity index (χ3v) is 2.74. The van der Waals surface area contributed by atoms with Crippen molar-refractivity contribution in [2.75, 3.05) is 0 Å². The van der Waals surface area contributed by atoms with E-state index in [1.807, 2.05) is 0 Å². The summed E-state index contributed by atoms with van der Waals surface area (Å²) >= 11 is -2.86. The van der Waals surface area contributed by atoms with Crippen LogP contribution in [0.2, 0.25) is 0 Å². The van der Waals surface area contributed by atoms with Crippen LogP contribution in [-0.4, -0.2) is 24.9 Å². The molecular formula is C14H8NaO5S-. The van der Waals surface area contributed by atoms with Crippen molar-refractivity contribution in [2.45, 2.75) is 0 Å². The summed E-state index contributed by atoms with van der Waals surface area (Å²) in [5.74, 6) is -0.215. The number of fused-ring (bicyclic) bond motifs is 2. The molecule has 0 radical (unpaired) electrons. The van der Waals surface area contributed by atoms with Crippen LogP contribution in [0.3, 0.4) is 0 Å². The third-order valence-electron chi connectivity index (χ3n) is 2.74. The van der Waals surface area contributed by atoms with Crippen LogP contribution >= 0.6 is 0 Å². The Morgan fingerprint density at radius 3 is 2.00 bits per heavy atom. The van der Waals surface area contributed by atoms with Gasteiger partial charge < -0.3 is 13.9 Å². The number of carbonyl (C=O) groups excluding carboxylic acids is 2. The predicted octanol–water partition coefficient (Wildman–Crippen LogP) is -1.40. The van der Waals surface area contributed by atoms with Gasteiger partial charge in [0.2, 0.25) is 0 Å². The van der Waals surface area contributed by atoms with Crippen LogP contribution in [-0.2, 0) is 11.4 Å². The Kier molecular flexibility index (Phi) is 6.60. The molecule has 1 aliphatic carbocycles. The Hall–Kier alpha value is -1.15. The second-order valence-electron chi connectivity index (χ2n) is 3.88. The van der Waals surface area contributed by atoms with E-state index in [4.69, 9.17) is 13.3 Å². The Morgan fingerprint density at radius 2 is 1.43 bits per heavy atom. The minimum absolute atomic E-state index is 0. The molecule has 1 N–H and O–H groups in total. The van der Waals surface area contributed by atoms with E-state index in [9.17, 15) is 9.59 Å². The number of hydrogen-bond acceptors (Lipinski definition) is 4. The van der Waals surface area contributed by atoms with Gasteiger partial charge in [-0.25, -0.2) is 4.21 Å². The van der Waals surface area contributed by atoms with Crippen LogP contribution in [0.15, 0.2) is 42.5 Å². The molecule has 0 aromatic heterocycles. The first-order valence-electron chi connectivity index (χ1n) is 5.50. The molecule has 102 valence electrons. The van der Waals surface area contributed by atoms with Crippen LogP contribution in [0.4, 0.5) is 0 Å². The summed E-state index contributed by atoms with van der Waals surface area (Å²) < 4.78 is 24.1. The average molecular weight is 311 g/mol. The summed E-state index contributed by atoms with van der Waals surface area (Å²) in [6.07, 6.45) is 0. The molecule has 7 heteroatoms. The van der Waals surface area contributed by atoms with Crippen LogP contribution in [0.25, 0.3) is 0 Å². The van der Waals surface area contributed by atoms with Crippen molar-refractivity contribution in [1.29, 1.82) is 0 Å². The Bertz CT molecular complexity index is 605. The maximum absolute atomic E-state index is 12.1. The minimum Gasteiger partial charge on any atom is -0.750 e. The Morgan fingerprint density at radius 1 is 0.952 bits per heavy atom. The first-order chi connectivity index (χ1) is 9.52. The summed E-state index contributed by atoms with van der Waals surface area (Å²) in [4.78, 5) is 24.2. The quantitative estimate of drug-likeness (QED) is 0.313. The molecule has 1 atom stereocenters. The van der Waals surface area contributed by atoms with Crippen molar-refractivity contribution >= 4 is 22.9 Å². The monoisotopic (exact) mass is 311 g/mol. The zero-order valence-electron chi connectivity index (χ0n) is 11.0. The molecule has 0 spiro atoms. The first-order valence-corrected chi connectivity index (χ1v) is 6.53. The van der Waals surface area contributed by atoms with E-state index in [0.717, 1.165) is 0 Å². The van der Waals surface area contributed by atoms with Crippen LogP contribution < -0.4 is 29.6 Å². The van der Waals surface area contributed by atoms with Crippen molar-refractivity contribution in [3.63, 3.8) is 0 Å². The number of benzene rings is 2. The van der Waals surface area contributed by atoms with Crippen LogP contribution in [0.5, 0.6) is 0 Å². The predicted molar refractivity (Wildman–Crippen MR) is 70.1 cm³/mol. The second kappa shape index (κ2) is 7.74. The molecule has 2 aromatic carbocycles. The van der Waals surface area contributed by atoms with Gasteiger partial charge in [-0.3, -0.25) is 4.79 Å². The average Bonchev–Trinajstić information content (AvgIpc) is 2.44. The fourth-order valence-corrected chi connectivity index (χ4v) is 1.97. The number of hydrogen-bond donors (Lipinski definition) is 1. The standard InChI is InChI=1S/C14H7O2.Na.H2O3S/c15-13-9-5-1-2-6-10(9)14(16)12-8-4-3-7-11(12)13;;1-4(2)3/h1-7H;;(H2,1,2,3)/q-1;+1;/p-1. The van der Waals surface area contributed by atoms with Crippen LogP contribution in [0.1, 0.15) is 31.8 Å². The Balaban J connectivity index is 0.000000397. The van der Waals surface area contributed by atoms with Crippen molar-refractivity contribution in [3.8, 4) is 0 Å². The molecule has 2 aromatic rings. The van der Waals surface area contributed by atoms with Gasteiger partial charge in [0.1, 0.15) is 5.78 Å². The molecule has 5 nitrogen and oxygen atoms in total. The van der Waals surface area contributed by atoms with Crippen molar-refractivity contribution in [3.05, 3.63) is 70.8 Å². The van der Waals surface area contributed by atoms with Crippen molar-refractivity contribution in [2.24, 2.45) is 0 Å². The molecule has 1 unspecified atom stereocenters. The fourth-order valence-electron chi connectivity index (χ4n) is 1.97. The van der Waals surface area contributed by atoms with E-state index >= 15 is 0 Å². The number of carbonyl (C=O) groups is 2. The van der Waals surface area contributed by atoms with Gasteiger partial charge in [0, 0.05) is 5.56 Å². The topological polar surface area (TPSA) is 94.5 Å². The zero-order valence-corrected chi connectivity index (χ0v) is 13.8. The number of ketones is 2. The largest absolute Gasteiger partial charge is 1.00 e. The van der Waals surface area contributed by atoms with Gasteiger partial charge >= 0.3 is 29.6 Å². The fraction of sp³-hybridized carbons (Fsp3) is 0. The minimum atomic E-state index is -2.86.